The number of nitrogens with zero attached hydrogens (tertiary/aromatic N) is 1. The standard InChI is InChI=1S/C13H19ClN2O/c1-17-12-3-2-6-16(9-12)8-10-7-11(14)4-5-13(10)15/h4-5,7,12H,2-3,6,8-9,15H2,1H3. The second-order valence-corrected chi connectivity index (χ2v) is 5.01. The van der Waals surface area contributed by atoms with E-state index in [1.165, 1.54) is 6.42 Å². The molecule has 0 saturated carbocycles. The molecule has 1 unspecified atom stereocenters. The molecular weight excluding hydrogens is 236 g/mol. The van der Waals surface area contributed by atoms with Crippen LogP contribution in [0.4, 0.5) is 5.69 Å². The number of halogens is 1. The van der Waals surface area contributed by atoms with Gasteiger partial charge in [-0.15, -0.1) is 0 Å². The Morgan fingerprint density at radius 3 is 3.12 bits per heavy atom. The quantitative estimate of drug-likeness (QED) is 0.843. The van der Waals surface area contributed by atoms with Gasteiger partial charge in [-0.3, -0.25) is 4.90 Å². The molecule has 0 spiro atoms. The number of methoxy groups -OCH3 is 1. The van der Waals surface area contributed by atoms with Crippen molar-refractivity contribution in [3.63, 3.8) is 0 Å². The van der Waals surface area contributed by atoms with E-state index >= 15 is 0 Å². The van der Waals surface area contributed by atoms with Crippen molar-refractivity contribution in [2.24, 2.45) is 0 Å². The molecule has 4 heteroatoms. The molecule has 0 bridgehead atoms. The summed E-state index contributed by atoms with van der Waals surface area (Å²) in [6.07, 6.45) is 2.68. The highest BCUT2D eigenvalue weighted by Gasteiger charge is 2.19. The van der Waals surface area contributed by atoms with Gasteiger partial charge in [-0.1, -0.05) is 11.6 Å². The van der Waals surface area contributed by atoms with Crippen LogP contribution in [0.3, 0.4) is 0 Å². The number of anilines is 1. The number of nitrogen functional groups attached to an aromatic ring is 1. The number of hydrogen-bond acceptors (Lipinski definition) is 3. The number of nitrogens with two attached hydrogens (primary N) is 1. The Balaban J connectivity index is 2.02. The minimum absolute atomic E-state index is 0.351. The molecule has 1 fully saturated rings. The second kappa shape index (κ2) is 5.71. The molecule has 0 aliphatic carbocycles. The van der Waals surface area contributed by atoms with E-state index in [0.29, 0.717) is 6.10 Å². The van der Waals surface area contributed by atoms with E-state index in [2.05, 4.69) is 4.90 Å². The van der Waals surface area contributed by atoms with Gasteiger partial charge in [-0.25, -0.2) is 0 Å². The van der Waals surface area contributed by atoms with E-state index in [1.807, 2.05) is 18.2 Å². The largest absolute Gasteiger partial charge is 0.398 e. The molecule has 1 aromatic rings. The van der Waals surface area contributed by atoms with E-state index in [-0.39, 0.29) is 0 Å². The summed E-state index contributed by atoms with van der Waals surface area (Å²) in [7, 11) is 1.78. The van der Waals surface area contributed by atoms with Crippen molar-refractivity contribution < 1.29 is 4.74 Å². The van der Waals surface area contributed by atoms with Gasteiger partial charge in [0.1, 0.15) is 0 Å². The summed E-state index contributed by atoms with van der Waals surface area (Å²) in [6.45, 7) is 2.93. The predicted molar refractivity (Wildman–Crippen MR) is 71.2 cm³/mol. The van der Waals surface area contributed by atoms with Crippen LogP contribution >= 0.6 is 11.6 Å². The third-order valence-electron chi connectivity index (χ3n) is 3.29. The van der Waals surface area contributed by atoms with Crippen LogP contribution in [-0.2, 0) is 11.3 Å². The van der Waals surface area contributed by atoms with Crippen LogP contribution in [0.25, 0.3) is 0 Å². The van der Waals surface area contributed by atoms with Crippen molar-refractivity contribution in [2.45, 2.75) is 25.5 Å². The van der Waals surface area contributed by atoms with Crippen LogP contribution in [0.5, 0.6) is 0 Å². The van der Waals surface area contributed by atoms with Gasteiger partial charge in [0.2, 0.25) is 0 Å². The normalized spacial score (nSPS) is 21.6. The van der Waals surface area contributed by atoms with Crippen molar-refractivity contribution in [3.05, 3.63) is 28.8 Å². The van der Waals surface area contributed by atoms with Gasteiger partial charge in [0.05, 0.1) is 6.10 Å². The van der Waals surface area contributed by atoms with Crippen LogP contribution < -0.4 is 5.73 Å². The third kappa shape index (κ3) is 3.35. The molecule has 0 aromatic heterocycles. The molecule has 1 aliphatic rings. The fourth-order valence-electron chi connectivity index (χ4n) is 2.30. The number of rotatable bonds is 3. The first kappa shape index (κ1) is 12.7. The van der Waals surface area contributed by atoms with Gasteiger partial charge in [-0.05, 0) is 43.1 Å². The van der Waals surface area contributed by atoms with Gasteiger partial charge in [0.15, 0.2) is 0 Å². The Morgan fingerprint density at radius 1 is 1.53 bits per heavy atom. The molecule has 1 atom stereocenters. The molecule has 1 aromatic carbocycles. The molecule has 0 amide bonds. The first-order valence-electron chi connectivity index (χ1n) is 5.98. The zero-order valence-corrected chi connectivity index (χ0v) is 10.9. The number of benzene rings is 1. The van der Waals surface area contributed by atoms with E-state index in [9.17, 15) is 0 Å². The minimum atomic E-state index is 0.351. The van der Waals surface area contributed by atoms with Gasteiger partial charge in [0, 0.05) is 30.9 Å². The highest BCUT2D eigenvalue weighted by Crippen LogP contribution is 2.22. The minimum Gasteiger partial charge on any atom is -0.398 e. The molecular formula is C13H19ClN2O. The zero-order valence-electron chi connectivity index (χ0n) is 10.2. The maximum absolute atomic E-state index is 5.99. The zero-order chi connectivity index (χ0) is 12.3. The summed E-state index contributed by atoms with van der Waals surface area (Å²) in [5.41, 5.74) is 7.88. The van der Waals surface area contributed by atoms with Crippen LogP contribution in [0.15, 0.2) is 18.2 Å². The van der Waals surface area contributed by atoms with Crippen molar-refractivity contribution >= 4 is 17.3 Å². The van der Waals surface area contributed by atoms with Gasteiger partial charge in [0.25, 0.3) is 0 Å². The summed E-state index contributed by atoms with van der Waals surface area (Å²) in [6, 6.07) is 5.65. The maximum atomic E-state index is 5.99. The molecule has 1 heterocycles. The lowest BCUT2D eigenvalue weighted by Crippen LogP contribution is -2.38. The Morgan fingerprint density at radius 2 is 2.35 bits per heavy atom. The average Bonchev–Trinajstić information content (AvgIpc) is 2.34. The lowest BCUT2D eigenvalue weighted by Gasteiger charge is -2.32. The summed E-state index contributed by atoms with van der Waals surface area (Å²) >= 11 is 5.99. The van der Waals surface area contributed by atoms with Gasteiger partial charge >= 0.3 is 0 Å². The van der Waals surface area contributed by atoms with Crippen LogP contribution in [-0.4, -0.2) is 31.2 Å². The second-order valence-electron chi connectivity index (χ2n) is 4.58. The Hall–Kier alpha value is -0.770. The number of hydrogen-bond donors (Lipinski definition) is 1. The summed E-state index contributed by atoms with van der Waals surface area (Å²) in [4.78, 5) is 2.37. The van der Waals surface area contributed by atoms with E-state index in [1.54, 1.807) is 7.11 Å². The van der Waals surface area contributed by atoms with E-state index < -0.39 is 0 Å². The Bertz CT molecular complexity index is 384. The lowest BCUT2D eigenvalue weighted by atomic mass is 10.1. The summed E-state index contributed by atoms with van der Waals surface area (Å²) < 4.78 is 5.41. The molecule has 0 radical (unpaired) electrons. The fourth-order valence-corrected chi connectivity index (χ4v) is 2.50. The van der Waals surface area contributed by atoms with Gasteiger partial charge in [-0.2, -0.15) is 0 Å². The molecule has 2 N–H and O–H groups in total. The maximum Gasteiger partial charge on any atom is 0.0698 e. The third-order valence-corrected chi connectivity index (χ3v) is 3.53. The smallest absolute Gasteiger partial charge is 0.0698 e. The van der Waals surface area contributed by atoms with Crippen LogP contribution in [0.2, 0.25) is 5.02 Å². The molecule has 1 aliphatic heterocycles. The Labute approximate surface area is 107 Å². The highest BCUT2D eigenvalue weighted by molar-refractivity contribution is 6.30. The van der Waals surface area contributed by atoms with Crippen molar-refractivity contribution in [2.75, 3.05) is 25.9 Å². The monoisotopic (exact) mass is 254 g/mol. The topological polar surface area (TPSA) is 38.5 Å². The summed E-state index contributed by atoms with van der Waals surface area (Å²) in [5, 5.41) is 0.745. The van der Waals surface area contributed by atoms with Crippen LogP contribution in [0.1, 0.15) is 18.4 Å². The molecule has 94 valence electrons. The van der Waals surface area contributed by atoms with E-state index in [0.717, 1.165) is 42.3 Å². The Kier molecular flexibility index (Phi) is 4.26. The van der Waals surface area contributed by atoms with Crippen molar-refractivity contribution in [3.8, 4) is 0 Å². The highest BCUT2D eigenvalue weighted by atomic mass is 35.5. The lowest BCUT2D eigenvalue weighted by molar-refractivity contribution is 0.0286. The predicted octanol–water partition coefficient (Wildman–Crippen LogP) is 2.53. The average molecular weight is 255 g/mol. The number of likely N-dealkylation sites (tertiary alicyclic amines) is 1. The first-order valence-corrected chi connectivity index (χ1v) is 6.36. The van der Waals surface area contributed by atoms with Gasteiger partial charge < -0.3 is 10.5 Å². The SMILES string of the molecule is COC1CCCN(Cc2cc(Cl)ccc2N)C1. The number of ether oxygens (including phenoxy) is 1. The molecule has 2 rings (SSSR count). The molecule has 1 saturated heterocycles. The van der Waals surface area contributed by atoms with Crippen LogP contribution in [0, 0.1) is 0 Å². The molecule has 17 heavy (non-hydrogen) atoms. The van der Waals surface area contributed by atoms with Crippen molar-refractivity contribution in [1.82, 2.24) is 4.90 Å². The summed E-state index contributed by atoms with van der Waals surface area (Å²) in [5.74, 6) is 0. The molecule has 3 nitrogen and oxygen atoms in total. The fraction of sp³-hybridized carbons (Fsp3) is 0.538. The number of piperidine rings is 1. The first-order chi connectivity index (χ1) is 8.19. The van der Waals surface area contributed by atoms with Crippen molar-refractivity contribution in [1.29, 1.82) is 0 Å². The van der Waals surface area contributed by atoms with E-state index in [4.69, 9.17) is 22.1 Å².